The van der Waals surface area contributed by atoms with Gasteiger partial charge in [-0.2, -0.15) is 4.98 Å². The fourth-order valence-electron chi connectivity index (χ4n) is 1.36. The van der Waals surface area contributed by atoms with Crippen molar-refractivity contribution in [2.24, 2.45) is 0 Å². The molecule has 0 aliphatic heterocycles. The highest BCUT2D eigenvalue weighted by atomic mass is 79.9. The number of methoxy groups -OCH3 is 1. The highest BCUT2D eigenvalue weighted by molar-refractivity contribution is 9.10. The summed E-state index contributed by atoms with van der Waals surface area (Å²) in [7, 11) is 1.57. The molecule has 0 saturated heterocycles. The number of aryl methyl sites for hydroxylation is 1. The number of halogens is 1. The van der Waals surface area contributed by atoms with Gasteiger partial charge >= 0.3 is 0 Å². The molecule has 94 valence electrons. The van der Waals surface area contributed by atoms with E-state index >= 15 is 0 Å². The van der Waals surface area contributed by atoms with Gasteiger partial charge < -0.3 is 10.1 Å². The molecule has 5 nitrogen and oxygen atoms in total. The molecule has 0 saturated carbocycles. The number of nitrogens with one attached hydrogen (secondary N) is 1. The van der Waals surface area contributed by atoms with E-state index in [0.717, 1.165) is 15.7 Å². The lowest BCUT2D eigenvalue weighted by molar-refractivity contribution is 0.394. The second kappa shape index (κ2) is 5.77. The van der Waals surface area contributed by atoms with E-state index in [-0.39, 0.29) is 0 Å². The van der Waals surface area contributed by atoms with Gasteiger partial charge in [0.15, 0.2) is 0 Å². The van der Waals surface area contributed by atoms with Crippen molar-refractivity contribution in [3.8, 4) is 5.88 Å². The molecule has 0 radical (unpaired) electrons. The predicted molar refractivity (Wildman–Crippen MR) is 72.6 cm³/mol. The zero-order valence-corrected chi connectivity index (χ0v) is 11.7. The van der Waals surface area contributed by atoms with E-state index < -0.39 is 0 Å². The summed E-state index contributed by atoms with van der Waals surface area (Å²) < 4.78 is 5.83. The number of anilines is 1. The van der Waals surface area contributed by atoms with Gasteiger partial charge in [-0.3, -0.25) is 4.98 Å². The molecule has 0 bridgehead atoms. The lowest BCUT2D eigenvalue weighted by Crippen LogP contribution is -2.05. The largest absolute Gasteiger partial charge is 0.480 e. The van der Waals surface area contributed by atoms with Crippen molar-refractivity contribution in [1.82, 2.24) is 15.0 Å². The minimum absolute atomic E-state index is 0.509. The van der Waals surface area contributed by atoms with Gasteiger partial charge in [0.25, 0.3) is 0 Å². The molecular formula is C12H13BrN4O. The molecule has 0 amide bonds. The van der Waals surface area contributed by atoms with E-state index in [2.05, 4.69) is 36.2 Å². The zero-order valence-electron chi connectivity index (χ0n) is 10.1. The number of hydrogen-bond donors (Lipinski definition) is 1. The molecule has 2 rings (SSSR count). The van der Waals surface area contributed by atoms with Gasteiger partial charge in [-0.1, -0.05) is 6.07 Å². The number of aromatic nitrogens is 3. The maximum absolute atomic E-state index is 5.10. The molecule has 0 unspecified atom stereocenters. The lowest BCUT2D eigenvalue weighted by Gasteiger charge is -2.07. The smallest absolute Gasteiger partial charge is 0.232 e. The van der Waals surface area contributed by atoms with Crippen LogP contribution in [0.4, 0.5) is 5.95 Å². The van der Waals surface area contributed by atoms with Gasteiger partial charge in [0, 0.05) is 18.4 Å². The van der Waals surface area contributed by atoms with Crippen LogP contribution in [0.25, 0.3) is 0 Å². The molecule has 0 spiro atoms. The van der Waals surface area contributed by atoms with Crippen LogP contribution >= 0.6 is 15.9 Å². The van der Waals surface area contributed by atoms with Gasteiger partial charge in [0.05, 0.1) is 17.8 Å². The summed E-state index contributed by atoms with van der Waals surface area (Å²) in [5.41, 5.74) is 2.08. The first-order chi connectivity index (χ1) is 8.69. The molecule has 2 aromatic rings. The molecule has 2 aromatic heterocycles. The average Bonchev–Trinajstić information content (AvgIpc) is 2.39. The van der Waals surface area contributed by atoms with Crippen LogP contribution in [0.3, 0.4) is 0 Å². The SMILES string of the molecule is COc1nc(NCc2ccc(C)nc2)ncc1Br. The number of rotatable bonds is 4. The van der Waals surface area contributed by atoms with Crippen molar-refractivity contribution in [3.63, 3.8) is 0 Å². The Bertz CT molecular complexity index is 530. The monoisotopic (exact) mass is 308 g/mol. The first kappa shape index (κ1) is 12.8. The van der Waals surface area contributed by atoms with Crippen LogP contribution < -0.4 is 10.1 Å². The maximum atomic E-state index is 5.10. The summed E-state index contributed by atoms with van der Waals surface area (Å²) in [5.74, 6) is 1.03. The quantitative estimate of drug-likeness (QED) is 0.940. The Morgan fingerprint density at radius 1 is 1.28 bits per heavy atom. The topological polar surface area (TPSA) is 59.9 Å². The van der Waals surface area contributed by atoms with Crippen LogP contribution in [0.1, 0.15) is 11.3 Å². The second-order valence-corrected chi connectivity index (χ2v) is 4.57. The first-order valence-corrected chi connectivity index (χ1v) is 6.20. The van der Waals surface area contributed by atoms with Crippen molar-refractivity contribution in [2.45, 2.75) is 13.5 Å². The van der Waals surface area contributed by atoms with Crippen molar-refractivity contribution in [2.75, 3.05) is 12.4 Å². The number of pyridine rings is 1. The second-order valence-electron chi connectivity index (χ2n) is 3.71. The van der Waals surface area contributed by atoms with Gasteiger partial charge in [-0.25, -0.2) is 4.98 Å². The van der Waals surface area contributed by atoms with E-state index in [4.69, 9.17) is 4.74 Å². The van der Waals surface area contributed by atoms with Crippen molar-refractivity contribution >= 4 is 21.9 Å². The van der Waals surface area contributed by atoms with Crippen LogP contribution in [0, 0.1) is 6.92 Å². The molecule has 1 N–H and O–H groups in total. The molecule has 18 heavy (non-hydrogen) atoms. The molecule has 0 fully saturated rings. The third kappa shape index (κ3) is 3.16. The van der Waals surface area contributed by atoms with Crippen molar-refractivity contribution in [3.05, 3.63) is 40.3 Å². The van der Waals surface area contributed by atoms with Crippen LogP contribution in [-0.2, 0) is 6.54 Å². The molecule has 0 aromatic carbocycles. The third-order valence-corrected chi connectivity index (χ3v) is 2.87. The molecule has 2 heterocycles. The molecule has 0 aliphatic carbocycles. The number of hydrogen-bond acceptors (Lipinski definition) is 5. The van der Waals surface area contributed by atoms with E-state index in [9.17, 15) is 0 Å². The summed E-state index contributed by atoms with van der Waals surface area (Å²) in [6, 6.07) is 3.99. The Morgan fingerprint density at radius 2 is 2.11 bits per heavy atom. The van der Waals surface area contributed by atoms with Crippen molar-refractivity contribution in [1.29, 1.82) is 0 Å². The number of ether oxygens (including phenoxy) is 1. The Morgan fingerprint density at radius 3 is 2.78 bits per heavy atom. The Hall–Kier alpha value is -1.69. The highest BCUT2D eigenvalue weighted by Gasteiger charge is 2.04. The van der Waals surface area contributed by atoms with E-state index in [1.54, 1.807) is 13.3 Å². The normalized spacial score (nSPS) is 10.2. The zero-order chi connectivity index (χ0) is 13.0. The summed E-state index contributed by atoms with van der Waals surface area (Å²) >= 11 is 3.31. The number of nitrogens with zero attached hydrogens (tertiary/aromatic N) is 3. The fourth-order valence-corrected chi connectivity index (χ4v) is 1.72. The van der Waals surface area contributed by atoms with Gasteiger partial charge in [-0.05, 0) is 34.5 Å². The molecule has 0 aliphatic rings. The minimum Gasteiger partial charge on any atom is -0.480 e. The Kier molecular flexibility index (Phi) is 4.09. The standard InChI is InChI=1S/C12H13BrN4O/c1-8-3-4-9(5-14-8)6-15-12-16-7-10(13)11(17-12)18-2/h3-5,7H,6H2,1-2H3,(H,15,16,17). The van der Waals surface area contributed by atoms with Crippen LogP contribution in [0.5, 0.6) is 5.88 Å². The lowest BCUT2D eigenvalue weighted by atomic mass is 10.2. The highest BCUT2D eigenvalue weighted by Crippen LogP contribution is 2.21. The third-order valence-electron chi connectivity index (χ3n) is 2.33. The summed E-state index contributed by atoms with van der Waals surface area (Å²) in [6.45, 7) is 2.58. The summed E-state index contributed by atoms with van der Waals surface area (Å²) in [4.78, 5) is 12.6. The fraction of sp³-hybridized carbons (Fsp3) is 0.250. The molecular weight excluding hydrogens is 296 g/mol. The van der Waals surface area contributed by atoms with Crippen LogP contribution in [-0.4, -0.2) is 22.1 Å². The summed E-state index contributed by atoms with van der Waals surface area (Å²) in [6.07, 6.45) is 3.49. The Balaban J connectivity index is 2.04. The molecule has 0 atom stereocenters. The Labute approximate surface area is 114 Å². The first-order valence-electron chi connectivity index (χ1n) is 5.41. The van der Waals surface area contributed by atoms with E-state index in [1.807, 2.05) is 25.3 Å². The summed E-state index contributed by atoms with van der Waals surface area (Å²) in [5, 5.41) is 3.12. The van der Waals surface area contributed by atoms with Crippen LogP contribution in [0.2, 0.25) is 0 Å². The van der Waals surface area contributed by atoms with Crippen LogP contribution in [0.15, 0.2) is 29.0 Å². The van der Waals surface area contributed by atoms with E-state index in [0.29, 0.717) is 18.4 Å². The van der Waals surface area contributed by atoms with Crippen molar-refractivity contribution < 1.29 is 4.74 Å². The maximum Gasteiger partial charge on any atom is 0.232 e. The van der Waals surface area contributed by atoms with Gasteiger partial charge in [0.1, 0.15) is 0 Å². The van der Waals surface area contributed by atoms with Gasteiger partial charge in [-0.15, -0.1) is 0 Å². The average molecular weight is 309 g/mol. The molecule has 6 heteroatoms. The van der Waals surface area contributed by atoms with Gasteiger partial charge in [0.2, 0.25) is 11.8 Å². The minimum atomic E-state index is 0.509. The van der Waals surface area contributed by atoms with E-state index in [1.165, 1.54) is 0 Å². The predicted octanol–water partition coefficient (Wildman–Crippen LogP) is 2.56.